The van der Waals surface area contributed by atoms with Crippen molar-refractivity contribution in [1.29, 1.82) is 0 Å². The van der Waals surface area contributed by atoms with E-state index in [1.165, 1.54) is 11.1 Å². The molecule has 23 heavy (non-hydrogen) atoms. The average molecular weight is 380 g/mol. The van der Waals surface area contributed by atoms with Gasteiger partial charge in [0.25, 0.3) is 0 Å². The van der Waals surface area contributed by atoms with Crippen molar-refractivity contribution >= 4 is 15.9 Å². The van der Waals surface area contributed by atoms with E-state index >= 15 is 0 Å². The van der Waals surface area contributed by atoms with Crippen molar-refractivity contribution in [3.05, 3.63) is 52.0 Å². The third-order valence-electron chi connectivity index (χ3n) is 3.58. The van der Waals surface area contributed by atoms with Gasteiger partial charge in [-0.2, -0.15) is 0 Å². The molecule has 5 heteroatoms. The lowest BCUT2D eigenvalue weighted by Crippen LogP contribution is -2.16. The van der Waals surface area contributed by atoms with Crippen LogP contribution in [0.1, 0.15) is 11.1 Å². The number of methoxy groups -OCH3 is 3. The molecule has 0 aliphatic carbocycles. The topological polar surface area (TPSA) is 39.7 Å². The van der Waals surface area contributed by atoms with Gasteiger partial charge in [-0.1, -0.05) is 12.1 Å². The minimum absolute atomic E-state index is 0.757. The molecule has 0 radical (unpaired) electrons. The van der Waals surface area contributed by atoms with Crippen LogP contribution in [0.15, 0.2) is 40.9 Å². The summed E-state index contributed by atoms with van der Waals surface area (Å²) >= 11 is 3.50. The van der Waals surface area contributed by atoms with Crippen LogP contribution in [0.5, 0.6) is 17.2 Å². The van der Waals surface area contributed by atoms with Crippen molar-refractivity contribution in [3.8, 4) is 17.2 Å². The molecule has 2 aromatic carbocycles. The summed E-state index contributed by atoms with van der Waals surface area (Å²) in [5, 5.41) is 3.45. The van der Waals surface area contributed by atoms with Gasteiger partial charge in [-0.05, 0) is 64.3 Å². The van der Waals surface area contributed by atoms with Gasteiger partial charge >= 0.3 is 0 Å². The van der Waals surface area contributed by atoms with Crippen LogP contribution in [0, 0.1) is 0 Å². The van der Waals surface area contributed by atoms with E-state index in [0.717, 1.165) is 41.2 Å². The highest BCUT2D eigenvalue weighted by Crippen LogP contribution is 2.28. The van der Waals surface area contributed by atoms with Crippen molar-refractivity contribution in [2.75, 3.05) is 27.9 Å². The van der Waals surface area contributed by atoms with E-state index < -0.39 is 0 Å². The Labute approximate surface area is 145 Å². The minimum atomic E-state index is 0.757. The molecule has 0 unspecified atom stereocenters. The van der Waals surface area contributed by atoms with Crippen LogP contribution in [-0.2, 0) is 13.0 Å². The summed E-state index contributed by atoms with van der Waals surface area (Å²) in [5.74, 6) is 2.37. The Bertz CT molecular complexity index is 646. The molecule has 0 saturated carbocycles. The van der Waals surface area contributed by atoms with Crippen LogP contribution in [0.3, 0.4) is 0 Å². The van der Waals surface area contributed by atoms with E-state index in [0.29, 0.717) is 0 Å². The highest BCUT2D eigenvalue weighted by Gasteiger charge is 2.05. The number of nitrogens with one attached hydrogen (secondary N) is 1. The number of hydrogen-bond donors (Lipinski definition) is 1. The molecule has 124 valence electrons. The lowest BCUT2D eigenvalue weighted by Gasteiger charge is -2.10. The third-order valence-corrected chi connectivity index (χ3v) is 4.20. The second-order valence-corrected chi connectivity index (χ2v) is 5.94. The van der Waals surface area contributed by atoms with E-state index in [1.54, 1.807) is 21.3 Å². The quantitative estimate of drug-likeness (QED) is 0.707. The second kappa shape index (κ2) is 8.79. The van der Waals surface area contributed by atoms with Crippen molar-refractivity contribution in [2.45, 2.75) is 13.0 Å². The molecule has 0 aliphatic heterocycles. The molecule has 0 bridgehead atoms. The zero-order valence-electron chi connectivity index (χ0n) is 13.7. The average Bonchev–Trinajstić information content (AvgIpc) is 2.58. The van der Waals surface area contributed by atoms with Crippen molar-refractivity contribution in [3.63, 3.8) is 0 Å². The Morgan fingerprint density at radius 1 is 0.826 bits per heavy atom. The monoisotopic (exact) mass is 379 g/mol. The maximum atomic E-state index is 5.33. The summed E-state index contributed by atoms with van der Waals surface area (Å²) in [6.07, 6.45) is 0.928. The lowest BCUT2D eigenvalue weighted by molar-refractivity contribution is 0.354. The van der Waals surface area contributed by atoms with Gasteiger partial charge in [0.2, 0.25) is 0 Å². The predicted molar refractivity (Wildman–Crippen MR) is 95.7 cm³/mol. The molecule has 0 aliphatic rings. The van der Waals surface area contributed by atoms with Crippen LogP contribution in [0.25, 0.3) is 0 Å². The maximum absolute atomic E-state index is 5.33. The SMILES string of the molecule is COc1ccc(CNCCc2ccc(OC)c(OC)c2)cc1Br. The molecule has 0 saturated heterocycles. The second-order valence-electron chi connectivity index (χ2n) is 5.09. The Hall–Kier alpha value is -1.72. The van der Waals surface area contributed by atoms with Crippen LogP contribution in [-0.4, -0.2) is 27.9 Å². The van der Waals surface area contributed by atoms with Crippen LogP contribution < -0.4 is 19.5 Å². The number of rotatable bonds is 8. The lowest BCUT2D eigenvalue weighted by atomic mass is 10.1. The summed E-state index contributed by atoms with van der Waals surface area (Å²) < 4.78 is 16.8. The van der Waals surface area contributed by atoms with E-state index in [4.69, 9.17) is 14.2 Å². The summed E-state index contributed by atoms with van der Waals surface area (Å²) in [5.41, 5.74) is 2.43. The minimum Gasteiger partial charge on any atom is -0.496 e. The van der Waals surface area contributed by atoms with Crippen molar-refractivity contribution in [2.24, 2.45) is 0 Å². The van der Waals surface area contributed by atoms with E-state index in [1.807, 2.05) is 18.2 Å². The molecule has 0 amide bonds. The normalized spacial score (nSPS) is 10.4. The largest absolute Gasteiger partial charge is 0.496 e. The van der Waals surface area contributed by atoms with Gasteiger partial charge in [0, 0.05) is 6.54 Å². The molecule has 0 atom stereocenters. The Morgan fingerprint density at radius 3 is 2.13 bits per heavy atom. The number of ether oxygens (including phenoxy) is 3. The molecule has 1 N–H and O–H groups in total. The first kappa shape index (κ1) is 17.6. The van der Waals surface area contributed by atoms with Gasteiger partial charge in [-0.25, -0.2) is 0 Å². The zero-order valence-corrected chi connectivity index (χ0v) is 15.3. The molecular formula is C18H22BrNO3. The predicted octanol–water partition coefficient (Wildman–Crippen LogP) is 3.81. The van der Waals surface area contributed by atoms with Gasteiger partial charge in [-0.3, -0.25) is 0 Å². The van der Waals surface area contributed by atoms with Gasteiger partial charge in [0.05, 0.1) is 25.8 Å². The molecule has 0 heterocycles. The first-order chi connectivity index (χ1) is 11.2. The van der Waals surface area contributed by atoms with Gasteiger partial charge < -0.3 is 19.5 Å². The molecule has 0 aromatic heterocycles. The smallest absolute Gasteiger partial charge is 0.160 e. The molecule has 0 fully saturated rings. The van der Waals surface area contributed by atoms with Crippen LogP contribution in [0.2, 0.25) is 0 Å². The van der Waals surface area contributed by atoms with E-state index in [-0.39, 0.29) is 0 Å². The standard InChI is InChI=1S/C18H22BrNO3/c1-21-16-6-5-14(10-15(16)19)12-20-9-8-13-4-7-17(22-2)18(11-13)23-3/h4-7,10-11,20H,8-9,12H2,1-3H3. The van der Waals surface area contributed by atoms with Gasteiger partial charge in [0.1, 0.15) is 5.75 Å². The summed E-state index contributed by atoms with van der Waals surface area (Å²) in [6, 6.07) is 12.1. The molecule has 2 aromatic rings. The van der Waals surface area contributed by atoms with Gasteiger partial charge in [-0.15, -0.1) is 0 Å². The third kappa shape index (κ3) is 4.88. The molecular weight excluding hydrogens is 358 g/mol. The van der Waals surface area contributed by atoms with Crippen molar-refractivity contribution in [1.82, 2.24) is 5.32 Å². The fraction of sp³-hybridized carbons (Fsp3) is 0.333. The first-order valence-corrected chi connectivity index (χ1v) is 8.21. The van der Waals surface area contributed by atoms with E-state index in [9.17, 15) is 0 Å². The van der Waals surface area contributed by atoms with E-state index in [2.05, 4.69) is 39.4 Å². The van der Waals surface area contributed by atoms with Gasteiger partial charge in [0.15, 0.2) is 11.5 Å². The highest BCUT2D eigenvalue weighted by molar-refractivity contribution is 9.10. The van der Waals surface area contributed by atoms with Crippen molar-refractivity contribution < 1.29 is 14.2 Å². The Kier molecular flexibility index (Phi) is 6.74. The Morgan fingerprint density at radius 2 is 1.48 bits per heavy atom. The molecule has 2 rings (SSSR count). The Balaban J connectivity index is 1.84. The number of halogens is 1. The number of hydrogen-bond acceptors (Lipinski definition) is 4. The summed E-state index contributed by atoms with van der Waals surface area (Å²) in [6.45, 7) is 1.70. The summed E-state index contributed by atoms with van der Waals surface area (Å²) in [4.78, 5) is 0. The fourth-order valence-electron chi connectivity index (χ4n) is 2.32. The summed E-state index contributed by atoms with van der Waals surface area (Å²) in [7, 11) is 4.97. The van der Waals surface area contributed by atoms with Crippen LogP contribution >= 0.6 is 15.9 Å². The molecule has 0 spiro atoms. The zero-order chi connectivity index (χ0) is 16.7. The fourth-order valence-corrected chi connectivity index (χ4v) is 2.91. The maximum Gasteiger partial charge on any atom is 0.160 e. The highest BCUT2D eigenvalue weighted by atomic mass is 79.9. The van der Waals surface area contributed by atoms with Crippen LogP contribution in [0.4, 0.5) is 0 Å². The first-order valence-electron chi connectivity index (χ1n) is 7.42. The number of benzene rings is 2. The molecule has 4 nitrogen and oxygen atoms in total.